The van der Waals surface area contributed by atoms with Gasteiger partial charge in [-0.15, -0.1) is 0 Å². The van der Waals surface area contributed by atoms with Gasteiger partial charge in [-0.1, -0.05) is 19.9 Å². The van der Waals surface area contributed by atoms with E-state index in [4.69, 9.17) is 4.74 Å². The number of likely N-dealkylation sites (N-methyl/N-ethyl adjacent to an activating group) is 1. The standard InChI is InChI=1S/C15H23F2NO/c1-5-15(3,19-4)14(18-6-2)10-11-7-8-12(16)13(17)9-11/h7-9,14,18H,5-6,10H2,1-4H3. The number of hydrogen-bond acceptors (Lipinski definition) is 2. The van der Waals surface area contributed by atoms with E-state index in [-0.39, 0.29) is 11.6 Å². The third-order valence-corrected chi connectivity index (χ3v) is 3.78. The van der Waals surface area contributed by atoms with Crippen LogP contribution in [0.15, 0.2) is 18.2 Å². The molecule has 2 nitrogen and oxygen atoms in total. The SMILES string of the molecule is CCNC(Cc1ccc(F)c(F)c1)C(C)(CC)OC. The molecule has 0 spiro atoms. The van der Waals surface area contributed by atoms with Crippen LogP contribution in [-0.2, 0) is 11.2 Å². The molecule has 0 fully saturated rings. The van der Waals surface area contributed by atoms with Gasteiger partial charge in [-0.2, -0.15) is 0 Å². The van der Waals surface area contributed by atoms with Gasteiger partial charge in [0.25, 0.3) is 0 Å². The Labute approximate surface area is 114 Å². The normalized spacial score (nSPS) is 16.1. The molecular weight excluding hydrogens is 248 g/mol. The molecule has 108 valence electrons. The Bertz CT molecular complexity index is 405. The highest BCUT2D eigenvalue weighted by Gasteiger charge is 2.32. The quantitative estimate of drug-likeness (QED) is 0.821. The van der Waals surface area contributed by atoms with Crippen molar-refractivity contribution >= 4 is 0 Å². The predicted octanol–water partition coefficient (Wildman–Crippen LogP) is 3.30. The molecular formula is C15H23F2NO. The molecule has 1 rings (SSSR count). The van der Waals surface area contributed by atoms with Crippen LogP contribution in [0.5, 0.6) is 0 Å². The molecule has 19 heavy (non-hydrogen) atoms. The fourth-order valence-electron chi connectivity index (χ4n) is 2.19. The average Bonchev–Trinajstić information content (AvgIpc) is 2.41. The first-order valence-corrected chi connectivity index (χ1v) is 6.69. The van der Waals surface area contributed by atoms with Crippen LogP contribution in [0.1, 0.15) is 32.8 Å². The van der Waals surface area contributed by atoms with Crippen molar-refractivity contribution in [1.82, 2.24) is 5.32 Å². The van der Waals surface area contributed by atoms with E-state index in [0.717, 1.165) is 18.5 Å². The predicted molar refractivity (Wildman–Crippen MR) is 73.2 cm³/mol. The van der Waals surface area contributed by atoms with E-state index in [2.05, 4.69) is 12.2 Å². The smallest absolute Gasteiger partial charge is 0.159 e. The summed E-state index contributed by atoms with van der Waals surface area (Å²) >= 11 is 0. The van der Waals surface area contributed by atoms with Crippen molar-refractivity contribution in [2.45, 2.75) is 45.3 Å². The van der Waals surface area contributed by atoms with E-state index in [1.807, 2.05) is 13.8 Å². The van der Waals surface area contributed by atoms with Crippen LogP contribution in [0, 0.1) is 11.6 Å². The van der Waals surface area contributed by atoms with E-state index in [9.17, 15) is 8.78 Å². The zero-order valence-electron chi connectivity index (χ0n) is 12.1. The fraction of sp³-hybridized carbons (Fsp3) is 0.600. The third-order valence-electron chi connectivity index (χ3n) is 3.78. The number of hydrogen-bond donors (Lipinski definition) is 1. The highest BCUT2D eigenvalue weighted by Crippen LogP contribution is 2.23. The maximum atomic E-state index is 13.2. The van der Waals surface area contributed by atoms with E-state index in [1.165, 1.54) is 12.1 Å². The van der Waals surface area contributed by atoms with Crippen molar-refractivity contribution < 1.29 is 13.5 Å². The first-order chi connectivity index (χ1) is 8.96. The highest BCUT2D eigenvalue weighted by molar-refractivity contribution is 5.19. The van der Waals surface area contributed by atoms with Crippen LogP contribution in [-0.4, -0.2) is 25.3 Å². The minimum atomic E-state index is -0.811. The molecule has 0 saturated heterocycles. The molecule has 0 heterocycles. The summed E-state index contributed by atoms with van der Waals surface area (Å²) in [4.78, 5) is 0. The lowest BCUT2D eigenvalue weighted by molar-refractivity contribution is -0.0283. The molecule has 0 aromatic heterocycles. The Morgan fingerprint density at radius 2 is 1.95 bits per heavy atom. The van der Waals surface area contributed by atoms with Crippen LogP contribution >= 0.6 is 0 Å². The molecule has 0 bridgehead atoms. The van der Waals surface area contributed by atoms with E-state index < -0.39 is 11.6 Å². The Kier molecular flexibility index (Phi) is 5.88. The van der Waals surface area contributed by atoms with Gasteiger partial charge in [-0.3, -0.25) is 0 Å². The summed E-state index contributed by atoms with van der Waals surface area (Å²) in [7, 11) is 1.68. The summed E-state index contributed by atoms with van der Waals surface area (Å²) in [6.07, 6.45) is 1.44. The van der Waals surface area contributed by atoms with Gasteiger partial charge < -0.3 is 10.1 Å². The van der Waals surface area contributed by atoms with Gasteiger partial charge in [0.2, 0.25) is 0 Å². The number of methoxy groups -OCH3 is 1. The maximum absolute atomic E-state index is 13.2. The lowest BCUT2D eigenvalue weighted by atomic mass is 9.88. The monoisotopic (exact) mass is 271 g/mol. The van der Waals surface area contributed by atoms with Crippen molar-refractivity contribution in [3.8, 4) is 0 Å². The molecule has 0 aliphatic heterocycles. The van der Waals surface area contributed by atoms with Gasteiger partial charge in [0.1, 0.15) is 0 Å². The maximum Gasteiger partial charge on any atom is 0.159 e. The Morgan fingerprint density at radius 3 is 2.42 bits per heavy atom. The van der Waals surface area contributed by atoms with Crippen molar-refractivity contribution in [1.29, 1.82) is 0 Å². The summed E-state index contributed by atoms with van der Waals surface area (Å²) in [5.74, 6) is -1.61. The van der Waals surface area contributed by atoms with Gasteiger partial charge in [0.15, 0.2) is 11.6 Å². The molecule has 1 aromatic rings. The molecule has 0 radical (unpaired) electrons. The number of halogens is 2. The second-order valence-corrected chi connectivity index (χ2v) is 4.93. The van der Waals surface area contributed by atoms with Gasteiger partial charge in [0.05, 0.1) is 5.60 Å². The molecule has 0 saturated carbocycles. The minimum Gasteiger partial charge on any atom is -0.377 e. The number of nitrogens with one attached hydrogen (secondary N) is 1. The minimum absolute atomic E-state index is 0.0531. The number of ether oxygens (including phenoxy) is 1. The van der Waals surface area contributed by atoms with E-state index in [1.54, 1.807) is 13.2 Å². The second-order valence-electron chi connectivity index (χ2n) is 4.93. The highest BCUT2D eigenvalue weighted by atomic mass is 19.2. The lowest BCUT2D eigenvalue weighted by Gasteiger charge is -2.36. The summed E-state index contributed by atoms with van der Waals surface area (Å²) < 4.78 is 31.8. The van der Waals surface area contributed by atoms with Crippen LogP contribution in [0.25, 0.3) is 0 Å². The molecule has 4 heteroatoms. The Hall–Kier alpha value is -1.00. The third kappa shape index (κ3) is 3.98. The van der Waals surface area contributed by atoms with Gasteiger partial charge >= 0.3 is 0 Å². The van der Waals surface area contributed by atoms with Crippen molar-refractivity contribution in [2.24, 2.45) is 0 Å². The molecule has 0 aliphatic rings. The number of rotatable bonds is 7. The van der Waals surface area contributed by atoms with Crippen LogP contribution < -0.4 is 5.32 Å². The molecule has 2 unspecified atom stereocenters. The lowest BCUT2D eigenvalue weighted by Crippen LogP contribution is -2.51. The van der Waals surface area contributed by atoms with Gasteiger partial charge in [-0.25, -0.2) is 8.78 Å². The Morgan fingerprint density at radius 1 is 1.26 bits per heavy atom. The van der Waals surface area contributed by atoms with Crippen molar-refractivity contribution in [2.75, 3.05) is 13.7 Å². The summed E-state index contributed by atoms with van der Waals surface area (Å²) in [6, 6.07) is 4.10. The van der Waals surface area contributed by atoms with Crippen molar-refractivity contribution in [3.63, 3.8) is 0 Å². The van der Waals surface area contributed by atoms with Crippen LogP contribution in [0.3, 0.4) is 0 Å². The topological polar surface area (TPSA) is 21.3 Å². The van der Waals surface area contributed by atoms with Crippen molar-refractivity contribution in [3.05, 3.63) is 35.4 Å². The first kappa shape index (κ1) is 16.1. The van der Waals surface area contributed by atoms with E-state index >= 15 is 0 Å². The molecule has 1 N–H and O–H groups in total. The second kappa shape index (κ2) is 6.96. The van der Waals surface area contributed by atoms with Crippen LogP contribution in [0.4, 0.5) is 8.78 Å². The summed E-state index contributed by atoms with van der Waals surface area (Å²) in [5.41, 5.74) is 0.433. The summed E-state index contributed by atoms with van der Waals surface area (Å²) in [5, 5.41) is 3.37. The molecule has 0 amide bonds. The summed E-state index contributed by atoms with van der Waals surface area (Å²) in [6.45, 7) is 6.90. The van der Waals surface area contributed by atoms with Gasteiger partial charge in [0, 0.05) is 13.2 Å². The zero-order valence-corrected chi connectivity index (χ0v) is 12.1. The molecule has 1 aromatic carbocycles. The molecule has 2 atom stereocenters. The number of benzene rings is 1. The zero-order chi connectivity index (χ0) is 14.5. The van der Waals surface area contributed by atoms with Gasteiger partial charge in [-0.05, 0) is 44.0 Å². The largest absolute Gasteiger partial charge is 0.377 e. The van der Waals surface area contributed by atoms with Crippen LogP contribution in [0.2, 0.25) is 0 Å². The van der Waals surface area contributed by atoms with E-state index in [0.29, 0.717) is 6.42 Å². The first-order valence-electron chi connectivity index (χ1n) is 6.69. The Balaban J connectivity index is 2.91. The fourth-order valence-corrected chi connectivity index (χ4v) is 2.19. The average molecular weight is 271 g/mol. The molecule has 0 aliphatic carbocycles.